The molecule has 21 heavy (non-hydrogen) atoms. The number of halogens is 3. The average Bonchev–Trinajstić information content (AvgIpc) is 2.45. The lowest BCUT2D eigenvalue weighted by molar-refractivity contribution is 0.248. The first-order valence-electron chi connectivity index (χ1n) is 6.32. The van der Waals surface area contributed by atoms with Crippen molar-refractivity contribution in [1.82, 2.24) is 0 Å². The van der Waals surface area contributed by atoms with E-state index in [1.54, 1.807) is 18.2 Å². The standard InChI is InChI=1S/C15H14Cl3NO2/c16-10-8-12(18)15(9-11(10)17)21-7-3-6-20-14-5-2-1-4-13(14)19/h1-2,4-5,8-9H,3,6-7,19H2. The van der Waals surface area contributed by atoms with Crippen LogP contribution in [0.2, 0.25) is 15.1 Å². The molecule has 3 nitrogen and oxygen atoms in total. The predicted octanol–water partition coefficient (Wildman–Crippen LogP) is 5.08. The summed E-state index contributed by atoms with van der Waals surface area (Å²) in [7, 11) is 0. The Bertz CT molecular complexity index is 620. The van der Waals surface area contributed by atoms with Gasteiger partial charge in [-0.2, -0.15) is 0 Å². The van der Waals surface area contributed by atoms with Gasteiger partial charge < -0.3 is 15.2 Å². The van der Waals surface area contributed by atoms with Gasteiger partial charge in [-0.25, -0.2) is 0 Å². The maximum Gasteiger partial charge on any atom is 0.142 e. The van der Waals surface area contributed by atoms with E-state index in [1.165, 1.54) is 0 Å². The van der Waals surface area contributed by atoms with Crippen LogP contribution < -0.4 is 15.2 Å². The van der Waals surface area contributed by atoms with Crippen LogP contribution in [0, 0.1) is 0 Å². The number of rotatable bonds is 6. The summed E-state index contributed by atoms with van der Waals surface area (Å²) < 4.78 is 11.1. The van der Waals surface area contributed by atoms with Gasteiger partial charge in [0, 0.05) is 12.5 Å². The van der Waals surface area contributed by atoms with Crippen molar-refractivity contribution < 1.29 is 9.47 Å². The number of anilines is 1. The van der Waals surface area contributed by atoms with Crippen LogP contribution in [-0.4, -0.2) is 13.2 Å². The van der Waals surface area contributed by atoms with E-state index < -0.39 is 0 Å². The highest BCUT2D eigenvalue weighted by Gasteiger charge is 2.07. The van der Waals surface area contributed by atoms with E-state index in [0.717, 1.165) is 0 Å². The smallest absolute Gasteiger partial charge is 0.142 e. The van der Waals surface area contributed by atoms with Gasteiger partial charge in [0.25, 0.3) is 0 Å². The molecule has 0 aromatic heterocycles. The molecule has 0 saturated heterocycles. The van der Waals surface area contributed by atoms with Gasteiger partial charge in [-0.3, -0.25) is 0 Å². The SMILES string of the molecule is Nc1ccccc1OCCCOc1cc(Cl)c(Cl)cc1Cl. The van der Waals surface area contributed by atoms with Crippen LogP contribution in [0.15, 0.2) is 36.4 Å². The van der Waals surface area contributed by atoms with E-state index in [0.29, 0.717) is 51.9 Å². The van der Waals surface area contributed by atoms with Crippen molar-refractivity contribution in [3.05, 3.63) is 51.5 Å². The summed E-state index contributed by atoms with van der Waals surface area (Å²) in [5.41, 5.74) is 6.39. The Balaban J connectivity index is 1.78. The van der Waals surface area contributed by atoms with Crippen molar-refractivity contribution in [1.29, 1.82) is 0 Å². The van der Waals surface area contributed by atoms with E-state index in [9.17, 15) is 0 Å². The minimum Gasteiger partial charge on any atom is -0.492 e. The first-order chi connectivity index (χ1) is 10.1. The summed E-state index contributed by atoms with van der Waals surface area (Å²) in [6, 6.07) is 10.5. The molecule has 6 heteroatoms. The third-order valence-corrected chi connectivity index (χ3v) is 3.72. The zero-order valence-electron chi connectivity index (χ0n) is 11.1. The van der Waals surface area contributed by atoms with Gasteiger partial charge in [-0.05, 0) is 18.2 Å². The zero-order chi connectivity index (χ0) is 15.2. The lowest BCUT2D eigenvalue weighted by Gasteiger charge is -2.11. The molecule has 2 aromatic rings. The highest BCUT2D eigenvalue weighted by atomic mass is 35.5. The Hall–Kier alpha value is -1.29. The molecule has 2 aromatic carbocycles. The molecule has 2 rings (SSSR count). The van der Waals surface area contributed by atoms with Crippen LogP contribution in [0.25, 0.3) is 0 Å². The second kappa shape index (κ2) is 7.64. The van der Waals surface area contributed by atoms with Crippen molar-refractivity contribution in [2.45, 2.75) is 6.42 Å². The first kappa shape index (κ1) is 16.1. The molecule has 0 fully saturated rings. The molecule has 112 valence electrons. The van der Waals surface area contributed by atoms with Gasteiger partial charge in [0.05, 0.1) is 34.0 Å². The molecular weight excluding hydrogens is 333 g/mol. The fraction of sp³-hybridized carbons (Fsp3) is 0.200. The summed E-state index contributed by atoms with van der Waals surface area (Å²) in [4.78, 5) is 0. The number of benzene rings is 2. The molecule has 0 aliphatic rings. The largest absolute Gasteiger partial charge is 0.492 e. The van der Waals surface area contributed by atoms with E-state index in [2.05, 4.69) is 0 Å². The van der Waals surface area contributed by atoms with Crippen LogP contribution in [0.4, 0.5) is 5.69 Å². The topological polar surface area (TPSA) is 44.5 Å². The zero-order valence-corrected chi connectivity index (χ0v) is 13.4. The molecule has 0 atom stereocenters. The number of nitrogen functional groups attached to an aromatic ring is 1. The Morgan fingerprint density at radius 2 is 1.43 bits per heavy atom. The number of nitrogens with two attached hydrogens (primary N) is 1. The third kappa shape index (κ3) is 4.60. The van der Waals surface area contributed by atoms with Gasteiger partial charge in [0.1, 0.15) is 11.5 Å². The molecule has 0 bridgehead atoms. The van der Waals surface area contributed by atoms with E-state index in [4.69, 9.17) is 50.0 Å². The van der Waals surface area contributed by atoms with Crippen LogP contribution in [-0.2, 0) is 0 Å². The maximum absolute atomic E-state index is 6.02. The fourth-order valence-electron chi connectivity index (χ4n) is 1.65. The molecule has 0 aliphatic carbocycles. The normalized spacial score (nSPS) is 10.4. The molecular formula is C15H14Cl3NO2. The van der Waals surface area contributed by atoms with Crippen LogP contribution in [0.1, 0.15) is 6.42 Å². The molecule has 0 radical (unpaired) electrons. The van der Waals surface area contributed by atoms with E-state index >= 15 is 0 Å². The number of para-hydroxylation sites is 2. The molecule has 0 unspecified atom stereocenters. The Kier molecular flexibility index (Phi) is 5.85. The minimum atomic E-state index is 0.400. The van der Waals surface area contributed by atoms with Gasteiger partial charge in [0.2, 0.25) is 0 Å². The summed E-state index contributed by atoms with van der Waals surface area (Å²) >= 11 is 17.8. The first-order valence-corrected chi connectivity index (χ1v) is 7.46. The lowest BCUT2D eigenvalue weighted by Crippen LogP contribution is -2.06. The molecule has 0 heterocycles. The van der Waals surface area contributed by atoms with Gasteiger partial charge in [-0.1, -0.05) is 46.9 Å². The Morgan fingerprint density at radius 3 is 2.14 bits per heavy atom. The number of ether oxygens (including phenoxy) is 2. The molecule has 0 spiro atoms. The molecule has 0 amide bonds. The Labute approximate surface area is 138 Å². The van der Waals surface area contributed by atoms with Crippen LogP contribution >= 0.6 is 34.8 Å². The Morgan fingerprint density at radius 1 is 0.810 bits per heavy atom. The summed E-state index contributed by atoms with van der Waals surface area (Å²) in [5.74, 6) is 1.18. The number of hydrogen-bond donors (Lipinski definition) is 1. The van der Waals surface area contributed by atoms with Gasteiger partial charge >= 0.3 is 0 Å². The van der Waals surface area contributed by atoms with Crippen molar-refractivity contribution >= 4 is 40.5 Å². The second-order valence-electron chi connectivity index (χ2n) is 4.29. The second-order valence-corrected chi connectivity index (χ2v) is 5.51. The van der Waals surface area contributed by atoms with Crippen molar-refractivity contribution in [3.8, 4) is 11.5 Å². The predicted molar refractivity (Wildman–Crippen MR) is 87.9 cm³/mol. The maximum atomic E-state index is 6.02. The average molecular weight is 347 g/mol. The van der Waals surface area contributed by atoms with Crippen molar-refractivity contribution in [2.24, 2.45) is 0 Å². The highest BCUT2D eigenvalue weighted by molar-refractivity contribution is 6.43. The fourth-order valence-corrected chi connectivity index (χ4v) is 2.24. The monoisotopic (exact) mass is 345 g/mol. The summed E-state index contributed by atoms with van der Waals surface area (Å²) in [6.07, 6.45) is 0.685. The van der Waals surface area contributed by atoms with E-state index in [1.807, 2.05) is 18.2 Å². The molecule has 0 saturated carbocycles. The lowest BCUT2D eigenvalue weighted by atomic mass is 10.3. The van der Waals surface area contributed by atoms with Crippen LogP contribution in [0.5, 0.6) is 11.5 Å². The van der Waals surface area contributed by atoms with Crippen molar-refractivity contribution in [3.63, 3.8) is 0 Å². The minimum absolute atomic E-state index is 0.400. The summed E-state index contributed by atoms with van der Waals surface area (Å²) in [6.45, 7) is 0.942. The molecule has 0 aliphatic heterocycles. The number of hydrogen-bond acceptors (Lipinski definition) is 3. The van der Waals surface area contributed by atoms with E-state index in [-0.39, 0.29) is 0 Å². The molecule has 2 N–H and O–H groups in total. The highest BCUT2D eigenvalue weighted by Crippen LogP contribution is 2.33. The van der Waals surface area contributed by atoms with Crippen LogP contribution in [0.3, 0.4) is 0 Å². The van der Waals surface area contributed by atoms with Crippen molar-refractivity contribution in [2.75, 3.05) is 18.9 Å². The quantitative estimate of drug-likeness (QED) is 0.451. The van der Waals surface area contributed by atoms with Gasteiger partial charge in [0.15, 0.2) is 0 Å². The summed E-state index contributed by atoms with van der Waals surface area (Å²) in [5, 5.41) is 1.24. The van der Waals surface area contributed by atoms with Gasteiger partial charge in [-0.15, -0.1) is 0 Å². The third-order valence-electron chi connectivity index (χ3n) is 2.70.